The molecule has 0 saturated carbocycles. The van der Waals surface area contributed by atoms with Gasteiger partial charge in [-0.1, -0.05) is 18.5 Å². The normalized spacial score (nSPS) is 17.8. The topological polar surface area (TPSA) is 78.9 Å². The van der Waals surface area contributed by atoms with Crippen molar-refractivity contribution in [3.05, 3.63) is 23.2 Å². The predicted octanol–water partition coefficient (Wildman–Crippen LogP) is 2.39. The lowest BCUT2D eigenvalue weighted by molar-refractivity contribution is 0.0138. The molecular formula is C14H18ClN5O. The zero-order chi connectivity index (χ0) is 14.9. The molecule has 0 radical (unpaired) electrons. The number of aromatic nitrogens is 4. The molecule has 7 heteroatoms. The fraction of sp³-hybridized carbons (Fsp3) is 0.500. The van der Waals surface area contributed by atoms with Gasteiger partial charge in [-0.2, -0.15) is 0 Å². The first-order chi connectivity index (χ1) is 10.1. The van der Waals surface area contributed by atoms with Crippen molar-refractivity contribution in [3.63, 3.8) is 0 Å². The lowest BCUT2D eigenvalue weighted by Crippen LogP contribution is -2.31. The summed E-state index contributed by atoms with van der Waals surface area (Å²) in [4.78, 5) is 0. The van der Waals surface area contributed by atoms with Crippen LogP contribution in [-0.4, -0.2) is 33.4 Å². The van der Waals surface area contributed by atoms with Crippen molar-refractivity contribution in [2.75, 3.05) is 18.9 Å². The first-order valence-electron chi connectivity index (χ1n) is 6.96. The number of ether oxygens (including phenoxy) is 1. The highest BCUT2D eigenvalue weighted by molar-refractivity contribution is 6.31. The van der Waals surface area contributed by atoms with Gasteiger partial charge >= 0.3 is 0 Å². The SMILES string of the molecule is CC1(Cn2nnnc2-c2cc(N)cc(Cl)c2)CCOCC1. The molecule has 2 heterocycles. The largest absolute Gasteiger partial charge is 0.399 e. The van der Waals surface area contributed by atoms with Gasteiger partial charge in [-0.15, -0.1) is 5.10 Å². The Hall–Kier alpha value is -1.66. The lowest BCUT2D eigenvalue weighted by Gasteiger charge is -2.33. The molecule has 2 N–H and O–H groups in total. The van der Waals surface area contributed by atoms with E-state index in [1.54, 1.807) is 6.07 Å². The molecule has 3 rings (SSSR count). The summed E-state index contributed by atoms with van der Waals surface area (Å²) < 4.78 is 7.27. The Morgan fingerprint density at radius 1 is 1.33 bits per heavy atom. The number of benzene rings is 1. The summed E-state index contributed by atoms with van der Waals surface area (Å²) >= 11 is 6.06. The van der Waals surface area contributed by atoms with E-state index in [4.69, 9.17) is 22.1 Å². The molecule has 0 amide bonds. The second kappa shape index (κ2) is 5.61. The van der Waals surface area contributed by atoms with Gasteiger partial charge in [0.05, 0.1) is 6.54 Å². The molecule has 6 nitrogen and oxygen atoms in total. The van der Waals surface area contributed by atoms with Gasteiger partial charge in [-0.25, -0.2) is 4.68 Å². The Bertz CT molecular complexity index is 616. The third-order valence-corrected chi connectivity index (χ3v) is 4.16. The molecule has 1 aliphatic heterocycles. The van der Waals surface area contributed by atoms with Crippen LogP contribution >= 0.6 is 11.6 Å². The van der Waals surface area contributed by atoms with Crippen LogP contribution in [0.5, 0.6) is 0 Å². The molecule has 0 atom stereocenters. The minimum atomic E-state index is 0.145. The van der Waals surface area contributed by atoms with E-state index in [2.05, 4.69) is 22.4 Å². The van der Waals surface area contributed by atoms with E-state index in [-0.39, 0.29) is 5.41 Å². The van der Waals surface area contributed by atoms with E-state index in [1.807, 2.05) is 16.8 Å². The van der Waals surface area contributed by atoms with Crippen LogP contribution in [0.15, 0.2) is 18.2 Å². The van der Waals surface area contributed by atoms with E-state index in [0.29, 0.717) is 16.5 Å². The number of tetrazole rings is 1. The second-order valence-corrected chi connectivity index (χ2v) is 6.29. The van der Waals surface area contributed by atoms with Crippen LogP contribution in [0.4, 0.5) is 5.69 Å². The van der Waals surface area contributed by atoms with Gasteiger partial charge in [0.15, 0.2) is 5.82 Å². The average molecular weight is 308 g/mol. The molecule has 0 aliphatic carbocycles. The van der Waals surface area contributed by atoms with Crippen molar-refractivity contribution in [1.82, 2.24) is 20.2 Å². The highest BCUT2D eigenvalue weighted by Crippen LogP contribution is 2.33. The van der Waals surface area contributed by atoms with Crippen LogP contribution in [0.1, 0.15) is 19.8 Å². The minimum Gasteiger partial charge on any atom is -0.399 e. The quantitative estimate of drug-likeness (QED) is 0.881. The van der Waals surface area contributed by atoms with Crippen LogP contribution in [-0.2, 0) is 11.3 Å². The van der Waals surface area contributed by atoms with Gasteiger partial charge in [-0.3, -0.25) is 0 Å². The van der Waals surface area contributed by atoms with Gasteiger partial charge < -0.3 is 10.5 Å². The lowest BCUT2D eigenvalue weighted by atomic mass is 9.82. The Balaban J connectivity index is 1.90. The number of hydrogen-bond donors (Lipinski definition) is 1. The van der Waals surface area contributed by atoms with Crippen molar-refractivity contribution >= 4 is 17.3 Å². The summed E-state index contributed by atoms with van der Waals surface area (Å²) in [6.45, 7) is 4.58. The Labute approximate surface area is 128 Å². The van der Waals surface area contributed by atoms with Gasteiger partial charge in [0, 0.05) is 29.5 Å². The molecule has 1 saturated heterocycles. The van der Waals surface area contributed by atoms with Crippen molar-refractivity contribution in [1.29, 1.82) is 0 Å². The molecule has 0 unspecified atom stereocenters. The predicted molar refractivity (Wildman–Crippen MR) is 80.8 cm³/mol. The third kappa shape index (κ3) is 3.16. The Morgan fingerprint density at radius 2 is 2.10 bits per heavy atom. The van der Waals surface area contributed by atoms with Crippen molar-refractivity contribution in [3.8, 4) is 11.4 Å². The first-order valence-corrected chi connectivity index (χ1v) is 7.34. The number of nitrogen functional groups attached to an aromatic ring is 1. The summed E-state index contributed by atoms with van der Waals surface area (Å²) in [5.74, 6) is 0.692. The van der Waals surface area contributed by atoms with Crippen molar-refractivity contribution < 1.29 is 4.74 Å². The van der Waals surface area contributed by atoms with Crippen LogP contribution in [0.25, 0.3) is 11.4 Å². The molecule has 0 spiro atoms. The van der Waals surface area contributed by atoms with E-state index in [0.717, 1.165) is 38.2 Å². The van der Waals surface area contributed by atoms with Crippen LogP contribution in [0.3, 0.4) is 0 Å². The summed E-state index contributed by atoms with van der Waals surface area (Å²) in [6, 6.07) is 5.37. The maximum absolute atomic E-state index is 6.06. The van der Waals surface area contributed by atoms with Gasteiger partial charge in [-0.05, 0) is 46.9 Å². The fourth-order valence-corrected chi connectivity index (χ4v) is 2.89. The highest BCUT2D eigenvalue weighted by atomic mass is 35.5. The van der Waals surface area contributed by atoms with Crippen LogP contribution in [0, 0.1) is 5.41 Å². The van der Waals surface area contributed by atoms with Crippen LogP contribution < -0.4 is 5.73 Å². The summed E-state index contributed by atoms with van der Waals surface area (Å²) in [5.41, 5.74) is 7.43. The number of hydrogen-bond acceptors (Lipinski definition) is 5. The molecule has 2 aromatic rings. The van der Waals surface area contributed by atoms with E-state index >= 15 is 0 Å². The average Bonchev–Trinajstić information content (AvgIpc) is 2.85. The maximum Gasteiger partial charge on any atom is 0.182 e. The minimum absolute atomic E-state index is 0.145. The molecule has 1 aromatic carbocycles. The molecule has 1 aromatic heterocycles. The number of rotatable bonds is 3. The molecule has 1 fully saturated rings. The summed E-state index contributed by atoms with van der Waals surface area (Å²) in [5, 5.41) is 12.6. The number of halogens is 1. The molecular weight excluding hydrogens is 290 g/mol. The van der Waals surface area contributed by atoms with Crippen molar-refractivity contribution in [2.45, 2.75) is 26.3 Å². The number of nitrogens with zero attached hydrogens (tertiary/aromatic N) is 4. The Morgan fingerprint density at radius 3 is 2.81 bits per heavy atom. The standard InChI is InChI=1S/C14H18ClN5O/c1-14(2-4-21-5-3-14)9-20-13(17-18-19-20)10-6-11(15)8-12(16)7-10/h6-8H,2-5,9,16H2,1H3. The first kappa shape index (κ1) is 14.3. The van der Waals surface area contributed by atoms with Gasteiger partial charge in [0.1, 0.15) is 0 Å². The second-order valence-electron chi connectivity index (χ2n) is 5.86. The molecule has 21 heavy (non-hydrogen) atoms. The van der Waals surface area contributed by atoms with E-state index in [1.165, 1.54) is 0 Å². The molecule has 1 aliphatic rings. The van der Waals surface area contributed by atoms with Gasteiger partial charge in [0.25, 0.3) is 0 Å². The monoisotopic (exact) mass is 307 g/mol. The zero-order valence-electron chi connectivity index (χ0n) is 11.9. The van der Waals surface area contributed by atoms with E-state index in [9.17, 15) is 0 Å². The number of anilines is 1. The zero-order valence-corrected chi connectivity index (χ0v) is 12.7. The maximum atomic E-state index is 6.06. The summed E-state index contributed by atoms with van der Waals surface area (Å²) in [7, 11) is 0. The van der Waals surface area contributed by atoms with Gasteiger partial charge in [0.2, 0.25) is 0 Å². The Kier molecular flexibility index (Phi) is 3.82. The van der Waals surface area contributed by atoms with Crippen molar-refractivity contribution in [2.24, 2.45) is 5.41 Å². The van der Waals surface area contributed by atoms with E-state index < -0.39 is 0 Å². The smallest absolute Gasteiger partial charge is 0.182 e. The summed E-state index contributed by atoms with van der Waals surface area (Å²) in [6.07, 6.45) is 2.01. The van der Waals surface area contributed by atoms with Crippen LogP contribution in [0.2, 0.25) is 5.02 Å². The molecule has 112 valence electrons. The fourth-order valence-electron chi connectivity index (χ4n) is 2.64. The third-order valence-electron chi connectivity index (χ3n) is 3.94. The molecule has 0 bridgehead atoms. The highest BCUT2D eigenvalue weighted by Gasteiger charge is 2.29. The number of nitrogens with two attached hydrogens (primary N) is 1.